The minimum Gasteiger partial charge on any atom is -0.336 e. The lowest BCUT2D eigenvalue weighted by Crippen LogP contribution is -2.36. The predicted molar refractivity (Wildman–Crippen MR) is 78.0 cm³/mol. The van der Waals surface area contributed by atoms with Gasteiger partial charge in [0.05, 0.1) is 23.3 Å². The fourth-order valence-corrected chi connectivity index (χ4v) is 3.78. The van der Waals surface area contributed by atoms with Gasteiger partial charge in [-0.3, -0.25) is 4.79 Å². The smallest absolute Gasteiger partial charge is 0.289 e. The Kier molecular flexibility index (Phi) is 3.07. The molecule has 1 aromatic rings. The maximum atomic E-state index is 12.3. The molecule has 2 aliphatic heterocycles. The van der Waals surface area contributed by atoms with E-state index >= 15 is 0 Å². The summed E-state index contributed by atoms with van der Waals surface area (Å²) in [6.45, 7) is 0.321. The average molecular weight is 344 g/mol. The zero-order valence-corrected chi connectivity index (χ0v) is 13.1. The highest BCUT2D eigenvalue weighted by Crippen LogP contribution is 2.47. The number of hydrogen-bond donors (Lipinski definition) is 1. The van der Waals surface area contributed by atoms with Crippen molar-refractivity contribution in [1.82, 2.24) is 0 Å². The summed E-state index contributed by atoms with van der Waals surface area (Å²) in [5.74, 6) is -1.33. The summed E-state index contributed by atoms with van der Waals surface area (Å²) < 4.78 is 34.6. The fourth-order valence-electron chi connectivity index (χ4n) is 3.00. The number of amides is 1. The molecule has 1 spiro atoms. The molecule has 2 unspecified atom stereocenters. The molecule has 8 heteroatoms. The first-order chi connectivity index (χ1) is 10.4. The van der Waals surface area contributed by atoms with Crippen molar-refractivity contribution < 1.29 is 22.7 Å². The predicted octanol–water partition coefficient (Wildman–Crippen LogP) is 1.93. The summed E-state index contributed by atoms with van der Waals surface area (Å²) in [5, 5.41) is 2.67. The molecule has 2 atom stereocenters. The van der Waals surface area contributed by atoms with Crippen LogP contribution < -0.4 is 5.32 Å². The van der Waals surface area contributed by atoms with E-state index in [1.54, 1.807) is 0 Å². The second kappa shape index (κ2) is 4.67. The Balaban J connectivity index is 1.71. The Hall–Kier alpha value is -1.15. The fraction of sp³-hybridized carbons (Fsp3) is 0.500. The molecule has 22 heavy (non-hydrogen) atoms. The summed E-state index contributed by atoms with van der Waals surface area (Å²) in [5.41, 5.74) is 0.860. The van der Waals surface area contributed by atoms with Crippen LogP contribution in [0.2, 0.25) is 0 Å². The van der Waals surface area contributed by atoms with E-state index in [-0.39, 0.29) is 11.0 Å². The standard InChI is InChI=1S/C14H14ClNO5S/c15-22(18,19)10-3-4-12-11(6-10)14(13(17)16-12)20-7-9(21-14)5-8-1-2-8/h3-4,6,8-9H,1-2,5,7H2,(H,16,17). The summed E-state index contributed by atoms with van der Waals surface area (Å²) in [4.78, 5) is 12.2. The third kappa shape index (κ3) is 2.23. The van der Waals surface area contributed by atoms with Crippen LogP contribution in [0.25, 0.3) is 0 Å². The van der Waals surface area contributed by atoms with E-state index in [1.165, 1.54) is 31.0 Å². The van der Waals surface area contributed by atoms with Crippen LogP contribution >= 0.6 is 10.7 Å². The van der Waals surface area contributed by atoms with E-state index in [0.717, 1.165) is 6.42 Å². The van der Waals surface area contributed by atoms with E-state index in [4.69, 9.17) is 20.2 Å². The van der Waals surface area contributed by atoms with Crippen LogP contribution in [0.1, 0.15) is 24.8 Å². The number of fused-ring (bicyclic) bond motifs is 2. The summed E-state index contributed by atoms with van der Waals surface area (Å²) in [7, 11) is 1.49. The van der Waals surface area contributed by atoms with Gasteiger partial charge in [-0.25, -0.2) is 8.42 Å². The number of benzene rings is 1. The van der Waals surface area contributed by atoms with Crippen LogP contribution in [0, 0.1) is 5.92 Å². The first-order valence-electron chi connectivity index (χ1n) is 7.11. The molecule has 0 aromatic heterocycles. The number of halogens is 1. The van der Waals surface area contributed by atoms with Crippen LogP contribution in [-0.2, 0) is 29.1 Å². The molecule has 1 aromatic carbocycles. The van der Waals surface area contributed by atoms with E-state index in [2.05, 4.69) is 5.32 Å². The van der Waals surface area contributed by atoms with Gasteiger partial charge in [0.1, 0.15) is 0 Å². The average Bonchev–Trinajstić information content (AvgIpc) is 3.08. The van der Waals surface area contributed by atoms with Crippen molar-refractivity contribution in [3.8, 4) is 0 Å². The Morgan fingerprint density at radius 2 is 2.14 bits per heavy atom. The van der Waals surface area contributed by atoms with E-state index < -0.39 is 20.7 Å². The number of ether oxygens (including phenoxy) is 2. The van der Waals surface area contributed by atoms with Crippen molar-refractivity contribution in [2.24, 2.45) is 5.92 Å². The maximum Gasteiger partial charge on any atom is 0.289 e. The van der Waals surface area contributed by atoms with Gasteiger partial charge >= 0.3 is 0 Å². The molecule has 1 amide bonds. The van der Waals surface area contributed by atoms with Gasteiger partial charge in [-0.2, -0.15) is 0 Å². The maximum absolute atomic E-state index is 12.3. The molecule has 3 aliphatic rings. The summed E-state index contributed by atoms with van der Waals surface area (Å²) >= 11 is 0. The second-order valence-electron chi connectivity index (χ2n) is 5.95. The zero-order valence-electron chi connectivity index (χ0n) is 11.5. The van der Waals surface area contributed by atoms with Crippen molar-refractivity contribution in [2.75, 3.05) is 11.9 Å². The van der Waals surface area contributed by atoms with E-state index in [0.29, 0.717) is 23.8 Å². The number of carbonyl (C=O) groups excluding carboxylic acids is 1. The summed E-state index contributed by atoms with van der Waals surface area (Å²) in [6, 6.07) is 4.18. The van der Waals surface area contributed by atoms with Gasteiger partial charge in [0.25, 0.3) is 20.7 Å². The van der Waals surface area contributed by atoms with Crippen molar-refractivity contribution in [1.29, 1.82) is 0 Å². The van der Waals surface area contributed by atoms with Gasteiger partial charge in [0, 0.05) is 16.2 Å². The van der Waals surface area contributed by atoms with Crippen LogP contribution in [0.5, 0.6) is 0 Å². The lowest BCUT2D eigenvalue weighted by molar-refractivity contribution is -0.184. The molecule has 4 rings (SSSR count). The molecule has 2 heterocycles. The Morgan fingerprint density at radius 3 is 2.82 bits per heavy atom. The minimum absolute atomic E-state index is 0.0818. The molecule has 1 N–H and O–H groups in total. The molecule has 1 aliphatic carbocycles. The highest BCUT2D eigenvalue weighted by Gasteiger charge is 2.55. The Morgan fingerprint density at radius 1 is 1.36 bits per heavy atom. The first kappa shape index (κ1) is 14.4. The normalized spacial score (nSPS) is 30.6. The van der Waals surface area contributed by atoms with Crippen LogP contribution in [0.3, 0.4) is 0 Å². The van der Waals surface area contributed by atoms with Crippen molar-refractivity contribution in [3.05, 3.63) is 23.8 Å². The third-order valence-electron chi connectivity index (χ3n) is 4.27. The molecule has 0 bridgehead atoms. The quantitative estimate of drug-likeness (QED) is 0.848. The molecule has 1 saturated carbocycles. The number of carbonyl (C=O) groups is 1. The highest BCUT2D eigenvalue weighted by molar-refractivity contribution is 8.13. The number of hydrogen-bond acceptors (Lipinski definition) is 5. The van der Waals surface area contributed by atoms with Crippen LogP contribution in [-0.4, -0.2) is 27.0 Å². The van der Waals surface area contributed by atoms with Gasteiger partial charge in [-0.15, -0.1) is 0 Å². The topological polar surface area (TPSA) is 81.7 Å². The molecular weight excluding hydrogens is 330 g/mol. The lowest BCUT2D eigenvalue weighted by atomic mass is 10.1. The van der Waals surface area contributed by atoms with Gasteiger partial charge in [0.2, 0.25) is 0 Å². The molecule has 6 nitrogen and oxygen atoms in total. The minimum atomic E-state index is -3.89. The first-order valence-corrected chi connectivity index (χ1v) is 9.42. The molecule has 118 valence electrons. The second-order valence-corrected chi connectivity index (χ2v) is 8.51. The number of nitrogens with one attached hydrogen (secondary N) is 1. The Bertz CT molecular complexity index is 760. The lowest BCUT2D eigenvalue weighted by Gasteiger charge is -2.20. The van der Waals surface area contributed by atoms with E-state index in [9.17, 15) is 13.2 Å². The largest absolute Gasteiger partial charge is 0.336 e. The van der Waals surface area contributed by atoms with Gasteiger partial charge < -0.3 is 14.8 Å². The van der Waals surface area contributed by atoms with Crippen molar-refractivity contribution in [3.63, 3.8) is 0 Å². The molecule has 0 radical (unpaired) electrons. The van der Waals surface area contributed by atoms with Gasteiger partial charge in [-0.1, -0.05) is 12.8 Å². The highest BCUT2D eigenvalue weighted by atomic mass is 35.7. The third-order valence-corrected chi connectivity index (χ3v) is 5.62. The van der Waals surface area contributed by atoms with Crippen molar-refractivity contribution >= 4 is 31.3 Å². The van der Waals surface area contributed by atoms with Crippen LogP contribution in [0.15, 0.2) is 23.1 Å². The SMILES string of the molecule is O=C1Nc2ccc(S(=O)(=O)Cl)cc2C12OCC(CC1CC1)O2. The monoisotopic (exact) mass is 343 g/mol. The molecular formula is C14H14ClNO5S. The van der Waals surface area contributed by atoms with Crippen molar-refractivity contribution in [2.45, 2.75) is 36.0 Å². The molecule has 1 saturated heterocycles. The van der Waals surface area contributed by atoms with Gasteiger partial charge in [0.15, 0.2) is 0 Å². The zero-order chi connectivity index (χ0) is 15.5. The summed E-state index contributed by atoms with van der Waals surface area (Å²) in [6.07, 6.45) is 3.08. The number of rotatable bonds is 3. The van der Waals surface area contributed by atoms with Gasteiger partial charge in [-0.05, 0) is 30.5 Å². The molecule has 2 fully saturated rings. The Labute approximate surface area is 132 Å². The number of anilines is 1. The van der Waals surface area contributed by atoms with E-state index in [1.807, 2.05) is 0 Å². The van der Waals surface area contributed by atoms with Crippen LogP contribution in [0.4, 0.5) is 5.69 Å².